The summed E-state index contributed by atoms with van der Waals surface area (Å²) in [5.74, 6) is 0.319. The average Bonchev–Trinajstić information content (AvgIpc) is 3.52. The molecule has 0 aromatic carbocycles. The lowest BCUT2D eigenvalue weighted by molar-refractivity contribution is 0.0955. The molecular weight excluding hydrogens is 478 g/mol. The van der Waals surface area contributed by atoms with E-state index in [1.807, 2.05) is 12.1 Å². The first-order chi connectivity index (χ1) is 17.1. The van der Waals surface area contributed by atoms with E-state index in [1.54, 1.807) is 24.6 Å². The Morgan fingerprint density at radius 3 is 2.23 bits per heavy atom. The molecule has 3 aromatic heterocycles. The second-order valence-corrected chi connectivity index (χ2v) is 10.7. The number of nitrogen functional groups attached to an aromatic ring is 1. The minimum absolute atomic E-state index is 0.0219. The number of Topliss-reactive ketones (excluding diaryl/α,β-unsaturated/α-hetero) is 1. The van der Waals surface area contributed by atoms with Crippen LogP contribution >= 0.6 is 22.9 Å². The van der Waals surface area contributed by atoms with Gasteiger partial charge in [-0.25, -0.2) is 9.97 Å². The predicted octanol–water partition coefficient (Wildman–Crippen LogP) is 9.09. The van der Waals surface area contributed by atoms with Crippen molar-refractivity contribution < 1.29 is 9.21 Å². The number of carbonyl (C=O) groups is 1. The van der Waals surface area contributed by atoms with E-state index in [1.165, 1.54) is 75.5 Å². The zero-order chi connectivity index (χ0) is 24.9. The largest absolute Gasteiger partial charge is 0.463 e. The average molecular weight is 516 g/mol. The van der Waals surface area contributed by atoms with E-state index >= 15 is 0 Å². The van der Waals surface area contributed by atoms with Crippen molar-refractivity contribution in [3.8, 4) is 11.5 Å². The number of carbonyl (C=O) groups excluding carboxylic acids is 1. The van der Waals surface area contributed by atoms with E-state index in [0.717, 1.165) is 24.1 Å². The fourth-order valence-corrected chi connectivity index (χ4v) is 5.55. The molecule has 3 rings (SSSR count). The van der Waals surface area contributed by atoms with Crippen LogP contribution in [0.15, 0.2) is 41.1 Å². The fraction of sp³-hybridized carbons (Fsp3) is 0.536. The van der Waals surface area contributed by atoms with Gasteiger partial charge in [0, 0.05) is 16.6 Å². The first-order valence-corrected chi connectivity index (χ1v) is 14.3. The van der Waals surface area contributed by atoms with E-state index in [9.17, 15) is 4.79 Å². The van der Waals surface area contributed by atoms with Crippen molar-refractivity contribution in [1.29, 1.82) is 0 Å². The zero-order valence-corrected chi connectivity index (χ0v) is 22.4. The van der Waals surface area contributed by atoms with Crippen molar-refractivity contribution in [3.63, 3.8) is 0 Å². The van der Waals surface area contributed by atoms with Crippen LogP contribution in [0.3, 0.4) is 0 Å². The summed E-state index contributed by atoms with van der Waals surface area (Å²) in [6.07, 6.45) is 19.3. The SMILES string of the molecule is CCCCCCCCCCCCCCC(C(=O)c1ccc(Cl)nc1)c1sc(N)nc1-c1ccco1. The smallest absolute Gasteiger partial charge is 0.180 e. The van der Waals surface area contributed by atoms with Crippen LogP contribution in [0, 0.1) is 0 Å². The lowest BCUT2D eigenvalue weighted by Gasteiger charge is -2.15. The minimum Gasteiger partial charge on any atom is -0.463 e. The summed E-state index contributed by atoms with van der Waals surface area (Å²) in [7, 11) is 0. The number of hydrogen-bond donors (Lipinski definition) is 1. The molecule has 2 N–H and O–H groups in total. The topological polar surface area (TPSA) is 82.0 Å². The van der Waals surface area contributed by atoms with Gasteiger partial charge in [0.1, 0.15) is 10.8 Å². The predicted molar refractivity (Wildman–Crippen MR) is 146 cm³/mol. The normalized spacial score (nSPS) is 12.2. The third-order valence-corrected chi connectivity index (χ3v) is 7.64. The number of halogens is 1. The number of ketones is 1. The first kappa shape index (κ1) is 27.4. The maximum absolute atomic E-state index is 13.5. The van der Waals surface area contributed by atoms with Crippen LogP contribution in [-0.4, -0.2) is 15.8 Å². The molecule has 0 amide bonds. The van der Waals surface area contributed by atoms with Gasteiger partial charge in [-0.2, -0.15) is 0 Å². The van der Waals surface area contributed by atoms with Crippen molar-refractivity contribution >= 4 is 33.9 Å². The van der Waals surface area contributed by atoms with Gasteiger partial charge in [0.05, 0.1) is 12.2 Å². The van der Waals surface area contributed by atoms with Crippen molar-refractivity contribution in [2.45, 2.75) is 96.3 Å². The molecule has 1 unspecified atom stereocenters. The summed E-state index contributed by atoms with van der Waals surface area (Å²) in [5.41, 5.74) is 7.29. The van der Waals surface area contributed by atoms with Gasteiger partial charge in [-0.05, 0) is 30.7 Å². The summed E-state index contributed by atoms with van der Waals surface area (Å²) in [6.45, 7) is 2.26. The van der Waals surface area contributed by atoms with Crippen LogP contribution in [0.25, 0.3) is 11.5 Å². The molecule has 5 nitrogen and oxygen atoms in total. The van der Waals surface area contributed by atoms with E-state index in [2.05, 4.69) is 16.9 Å². The number of hydrogen-bond acceptors (Lipinski definition) is 6. The van der Waals surface area contributed by atoms with E-state index < -0.39 is 0 Å². The summed E-state index contributed by atoms with van der Waals surface area (Å²) < 4.78 is 5.59. The van der Waals surface area contributed by atoms with Gasteiger partial charge in [0.25, 0.3) is 0 Å². The third kappa shape index (κ3) is 8.76. The molecule has 0 spiro atoms. The van der Waals surface area contributed by atoms with E-state index in [0.29, 0.717) is 27.3 Å². The lowest BCUT2D eigenvalue weighted by atomic mass is 9.90. The number of thiazole rings is 1. The highest BCUT2D eigenvalue weighted by atomic mass is 35.5. The number of furan rings is 1. The van der Waals surface area contributed by atoms with Gasteiger partial charge in [-0.15, -0.1) is 11.3 Å². The van der Waals surface area contributed by atoms with Crippen LogP contribution in [0.1, 0.15) is 112 Å². The fourth-order valence-electron chi connectivity index (χ4n) is 4.47. The van der Waals surface area contributed by atoms with Crippen molar-refractivity contribution in [2.24, 2.45) is 0 Å². The van der Waals surface area contributed by atoms with Crippen molar-refractivity contribution in [3.05, 3.63) is 52.3 Å². The highest BCUT2D eigenvalue weighted by Crippen LogP contribution is 2.39. The number of anilines is 1. The van der Waals surface area contributed by atoms with Gasteiger partial charge in [-0.1, -0.05) is 95.6 Å². The molecule has 0 radical (unpaired) electrons. The monoisotopic (exact) mass is 515 g/mol. The zero-order valence-electron chi connectivity index (χ0n) is 20.8. The quantitative estimate of drug-likeness (QED) is 0.110. The molecule has 0 saturated carbocycles. The summed E-state index contributed by atoms with van der Waals surface area (Å²) in [4.78, 5) is 23.0. The standard InChI is InChI=1S/C28H38ClN3O2S/c1-2-3-4-5-6-7-8-9-10-11-12-13-15-22(26(33)21-17-18-24(29)31-20-21)27-25(32-28(30)35-27)23-16-14-19-34-23/h14,16-20,22H,2-13,15H2,1H3,(H2,30,32). The maximum atomic E-state index is 13.5. The number of pyridine rings is 1. The Hall–Kier alpha value is -2.18. The second-order valence-electron chi connectivity index (χ2n) is 9.21. The molecular formula is C28H38ClN3O2S. The molecule has 0 saturated heterocycles. The van der Waals surface area contributed by atoms with Gasteiger partial charge < -0.3 is 10.2 Å². The summed E-state index contributed by atoms with van der Waals surface area (Å²) >= 11 is 7.31. The molecule has 1 atom stereocenters. The van der Waals surface area contributed by atoms with Crippen LogP contribution < -0.4 is 5.73 Å². The number of nitrogens with two attached hydrogens (primary N) is 1. The van der Waals surface area contributed by atoms with Crippen LogP contribution in [0.5, 0.6) is 0 Å². The maximum Gasteiger partial charge on any atom is 0.180 e. The highest BCUT2D eigenvalue weighted by Gasteiger charge is 2.29. The molecule has 0 fully saturated rings. The molecule has 7 heteroatoms. The molecule has 190 valence electrons. The number of aromatic nitrogens is 2. The van der Waals surface area contributed by atoms with Gasteiger partial charge >= 0.3 is 0 Å². The Morgan fingerprint density at radius 1 is 1.00 bits per heavy atom. The summed E-state index contributed by atoms with van der Waals surface area (Å²) in [5, 5.41) is 0.811. The molecule has 0 aliphatic heterocycles. The molecule has 3 heterocycles. The Balaban J connectivity index is 1.55. The first-order valence-electron chi connectivity index (χ1n) is 13.1. The third-order valence-electron chi connectivity index (χ3n) is 6.42. The minimum atomic E-state index is -0.337. The summed E-state index contributed by atoms with van der Waals surface area (Å²) in [6, 6.07) is 7.07. The molecule has 35 heavy (non-hydrogen) atoms. The van der Waals surface area contributed by atoms with Gasteiger partial charge in [0.2, 0.25) is 0 Å². The van der Waals surface area contributed by atoms with Gasteiger partial charge in [-0.3, -0.25) is 4.79 Å². The second kappa shape index (κ2) is 15.0. The molecule has 0 aliphatic carbocycles. The Bertz CT molecular complexity index is 1000. The van der Waals surface area contributed by atoms with E-state index in [4.69, 9.17) is 21.8 Å². The number of nitrogens with zero attached hydrogens (tertiary/aromatic N) is 2. The van der Waals surface area contributed by atoms with Crippen LogP contribution in [0.4, 0.5) is 5.13 Å². The molecule has 0 bridgehead atoms. The molecule has 3 aromatic rings. The molecule has 0 aliphatic rings. The van der Waals surface area contributed by atoms with Crippen molar-refractivity contribution in [2.75, 3.05) is 5.73 Å². The van der Waals surface area contributed by atoms with Gasteiger partial charge in [0.15, 0.2) is 16.7 Å². The lowest BCUT2D eigenvalue weighted by Crippen LogP contribution is -2.13. The Morgan fingerprint density at radius 2 is 1.66 bits per heavy atom. The van der Waals surface area contributed by atoms with Crippen molar-refractivity contribution in [1.82, 2.24) is 9.97 Å². The Kier molecular flexibility index (Phi) is 11.8. The van der Waals surface area contributed by atoms with Crippen LogP contribution in [0.2, 0.25) is 5.15 Å². The van der Waals surface area contributed by atoms with Crippen LogP contribution in [-0.2, 0) is 0 Å². The number of rotatable bonds is 17. The highest BCUT2D eigenvalue weighted by molar-refractivity contribution is 7.16. The number of unbranched alkanes of at least 4 members (excludes halogenated alkanes) is 11. The Labute approximate surface area is 218 Å². The van der Waals surface area contributed by atoms with E-state index in [-0.39, 0.29) is 11.7 Å².